The first-order valence-corrected chi connectivity index (χ1v) is 16.3. The predicted octanol–water partition coefficient (Wildman–Crippen LogP) is 4.95. The lowest BCUT2D eigenvalue weighted by atomic mass is 10.0. The Balaban J connectivity index is 1.49. The predicted molar refractivity (Wildman–Crippen MR) is 183 cm³/mol. The molecule has 3 N–H and O–H groups in total. The first-order valence-electron chi connectivity index (χ1n) is 16.3. The van der Waals surface area contributed by atoms with Gasteiger partial charge in [-0.05, 0) is 45.2 Å². The zero-order chi connectivity index (χ0) is 35.7. The van der Waals surface area contributed by atoms with Crippen molar-refractivity contribution in [2.75, 3.05) is 13.7 Å². The molecule has 1 aliphatic heterocycles. The normalized spacial score (nSPS) is 22.3. The van der Waals surface area contributed by atoms with E-state index in [4.69, 9.17) is 19.2 Å². The van der Waals surface area contributed by atoms with Gasteiger partial charge in [0, 0.05) is 35.4 Å². The number of hydrogen-bond donors (Lipinski definition) is 3. The standard InChI is InChI=1S/C37H44N4O8/c1-8-23-19-37(23,34(44)45)40-32(42)29-17-25(20-41(29)33(43)31(21(2)3)39-35(46)49-36(4,5)6)48-30-18-27(22-12-10-9-11-13-22)38-28-16-24(47-7)14-15-26(28)30/h8-16,18,21,23,25,29,31H,1,17,19-20H2,2-7H3,(H,39,46)(H,40,42)(H,44,45)/t23?,25?,29-,31-,37+/m0/s1. The molecule has 2 aliphatic rings. The van der Waals surface area contributed by atoms with Gasteiger partial charge in [-0.2, -0.15) is 0 Å². The highest BCUT2D eigenvalue weighted by Gasteiger charge is 2.61. The van der Waals surface area contributed by atoms with Crippen LogP contribution in [0, 0.1) is 11.8 Å². The summed E-state index contributed by atoms with van der Waals surface area (Å²) in [4.78, 5) is 59.4. The summed E-state index contributed by atoms with van der Waals surface area (Å²) in [6, 6.07) is 14.8. The van der Waals surface area contributed by atoms with Crippen LogP contribution in [0.4, 0.5) is 4.79 Å². The lowest BCUT2D eigenvalue weighted by Gasteiger charge is -2.31. The van der Waals surface area contributed by atoms with Crippen LogP contribution in [0.3, 0.4) is 0 Å². The van der Waals surface area contributed by atoms with E-state index >= 15 is 0 Å². The number of nitrogens with zero attached hydrogens (tertiary/aromatic N) is 2. The van der Waals surface area contributed by atoms with Gasteiger partial charge in [-0.15, -0.1) is 6.58 Å². The fraction of sp³-hybridized carbons (Fsp3) is 0.432. The first kappa shape index (κ1) is 35.2. The molecule has 2 aromatic carbocycles. The second kappa shape index (κ2) is 13.8. The molecule has 0 spiro atoms. The molecule has 1 saturated heterocycles. The smallest absolute Gasteiger partial charge is 0.408 e. The summed E-state index contributed by atoms with van der Waals surface area (Å²) < 4.78 is 17.5. The van der Waals surface area contributed by atoms with Crippen molar-refractivity contribution in [3.8, 4) is 22.8 Å². The van der Waals surface area contributed by atoms with Crippen LogP contribution in [0.2, 0.25) is 0 Å². The third kappa shape index (κ3) is 7.63. The number of carboxylic acids is 1. The molecule has 1 saturated carbocycles. The van der Waals surface area contributed by atoms with Crippen LogP contribution in [0.25, 0.3) is 22.2 Å². The summed E-state index contributed by atoms with van der Waals surface area (Å²) in [7, 11) is 1.57. The van der Waals surface area contributed by atoms with E-state index in [1.807, 2.05) is 48.5 Å². The second-order valence-electron chi connectivity index (χ2n) is 13.9. The minimum absolute atomic E-state index is 0.00172. The van der Waals surface area contributed by atoms with E-state index in [0.717, 1.165) is 5.56 Å². The Hall–Kier alpha value is -5.13. The Kier molecular flexibility index (Phi) is 9.89. The van der Waals surface area contributed by atoms with Gasteiger partial charge >= 0.3 is 12.1 Å². The van der Waals surface area contributed by atoms with Crippen molar-refractivity contribution >= 4 is 34.8 Å². The van der Waals surface area contributed by atoms with Gasteiger partial charge in [0.1, 0.15) is 40.8 Å². The Bertz CT molecular complexity index is 1750. The van der Waals surface area contributed by atoms with E-state index in [9.17, 15) is 24.3 Å². The third-order valence-corrected chi connectivity index (χ3v) is 8.82. The summed E-state index contributed by atoms with van der Waals surface area (Å²) >= 11 is 0. The molecule has 2 unspecified atom stereocenters. The van der Waals surface area contributed by atoms with Crippen LogP contribution in [0.1, 0.15) is 47.5 Å². The van der Waals surface area contributed by atoms with Crippen LogP contribution in [0.15, 0.2) is 67.3 Å². The molecule has 5 atom stereocenters. The van der Waals surface area contributed by atoms with Crippen LogP contribution >= 0.6 is 0 Å². The van der Waals surface area contributed by atoms with E-state index in [1.54, 1.807) is 47.8 Å². The third-order valence-electron chi connectivity index (χ3n) is 8.82. The quantitative estimate of drug-likeness (QED) is 0.240. The molecular weight excluding hydrogens is 628 g/mol. The number of carboxylic acid groups (broad SMARTS) is 1. The summed E-state index contributed by atoms with van der Waals surface area (Å²) in [5, 5.41) is 16.1. The zero-order valence-corrected chi connectivity index (χ0v) is 28.7. The van der Waals surface area contributed by atoms with Gasteiger partial charge in [0.05, 0.1) is 24.9 Å². The highest BCUT2D eigenvalue weighted by atomic mass is 16.6. The average Bonchev–Trinajstić information content (AvgIpc) is 3.61. The highest BCUT2D eigenvalue weighted by Crippen LogP contribution is 2.45. The Morgan fingerprint density at radius 2 is 1.82 bits per heavy atom. The van der Waals surface area contributed by atoms with E-state index in [1.165, 1.54) is 11.0 Å². The molecule has 0 radical (unpaired) electrons. The maximum atomic E-state index is 14.2. The molecule has 0 bridgehead atoms. The first-order chi connectivity index (χ1) is 23.2. The lowest BCUT2D eigenvalue weighted by Crippen LogP contribution is -2.57. The number of aromatic nitrogens is 1. The molecule has 260 valence electrons. The Morgan fingerprint density at radius 1 is 1.10 bits per heavy atom. The molecule has 3 aromatic rings. The topological polar surface area (TPSA) is 156 Å². The molecule has 2 fully saturated rings. The van der Waals surface area contributed by atoms with Crippen molar-refractivity contribution in [3.63, 3.8) is 0 Å². The van der Waals surface area contributed by atoms with Crippen LogP contribution in [0.5, 0.6) is 11.5 Å². The fourth-order valence-electron chi connectivity index (χ4n) is 6.16. The SMILES string of the molecule is C=CC1C[C@]1(NC(=O)[C@@H]1CC(Oc2cc(-c3ccccc3)nc3cc(OC)ccc23)CN1C(=O)[C@@H](NC(=O)OC(C)(C)C)C(C)C)C(=O)O. The van der Waals surface area contributed by atoms with Crippen molar-refractivity contribution in [2.45, 2.75) is 76.8 Å². The molecule has 12 heteroatoms. The molecule has 2 heterocycles. The molecule has 49 heavy (non-hydrogen) atoms. The van der Waals surface area contributed by atoms with Crippen molar-refractivity contribution < 1.29 is 38.5 Å². The molecular formula is C37H44N4O8. The number of carbonyl (C=O) groups excluding carboxylic acids is 3. The largest absolute Gasteiger partial charge is 0.497 e. The molecule has 1 aromatic heterocycles. The van der Waals surface area contributed by atoms with Crippen molar-refractivity contribution in [2.24, 2.45) is 11.8 Å². The number of amides is 3. The number of pyridine rings is 1. The molecule has 12 nitrogen and oxygen atoms in total. The van der Waals surface area contributed by atoms with Gasteiger partial charge < -0.3 is 34.9 Å². The number of nitrogens with one attached hydrogen (secondary N) is 2. The number of aliphatic carboxylic acids is 1. The number of benzene rings is 2. The summed E-state index contributed by atoms with van der Waals surface area (Å²) in [5.74, 6) is -2.01. The van der Waals surface area contributed by atoms with Gasteiger partial charge in [-0.25, -0.2) is 14.6 Å². The minimum Gasteiger partial charge on any atom is -0.497 e. The van der Waals surface area contributed by atoms with Crippen LogP contribution in [-0.4, -0.2) is 81.8 Å². The molecule has 5 rings (SSSR count). The molecule has 1 aliphatic carbocycles. The number of carbonyl (C=O) groups is 4. The van der Waals surface area contributed by atoms with Crippen molar-refractivity contribution in [1.29, 1.82) is 0 Å². The summed E-state index contributed by atoms with van der Waals surface area (Å²) in [5.41, 5.74) is -0.137. The van der Waals surface area contributed by atoms with E-state index in [2.05, 4.69) is 17.2 Å². The van der Waals surface area contributed by atoms with Crippen molar-refractivity contribution in [3.05, 3.63) is 67.3 Å². The number of hydrogen-bond acceptors (Lipinski definition) is 8. The number of ether oxygens (including phenoxy) is 3. The lowest BCUT2D eigenvalue weighted by molar-refractivity contribution is -0.146. The molecule has 3 amide bonds. The van der Waals surface area contributed by atoms with Crippen molar-refractivity contribution in [1.82, 2.24) is 20.5 Å². The number of methoxy groups -OCH3 is 1. The van der Waals surface area contributed by atoms with Gasteiger partial charge in [0.2, 0.25) is 11.8 Å². The minimum atomic E-state index is -1.50. The van der Waals surface area contributed by atoms with Crippen LogP contribution in [-0.2, 0) is 19.1 Å². The summed E-state index contributed by atoms with van der Waals surface area (Å²) in [6.07, 6.45) is 0.341. The fourth-order valence-corrected chi connectivity index (χ4v) is 6.16. The van der Waals surface area contributed by atoms with E-state index in [0.29, 0.717) is 28.1 Å². The number of likely N-dealkylation sites (tertiary alicyclic amines) is 1. The second-order valence-corrected chi connectivity index (χ2v) is 13.9. The number of rotatable bonds is 11. The Morgan fingerprint density at radius 3 is 2.41 bits per heavy atom. The highest BCUT2D eigenvalue weighted by molar-refractivity contribution is 5.96. The van der Waals surface area contributed by atoms with Crippen LogP contribution < -0.4 is 20.1 Å². The maximum Gasteiger partial charge on any atom is 0.408 e. The van der Waals surface area contributed by atoms with Gasteiger partial charge in [-0.3, -0.25) is 9.59 Å². The van der Waals surface area contributed by atoms with Gasteiger partial charge in [0.25, 0.3) is 0 Å². The van der Waals surface area contributed by atoms with E-state index in [-0.39, 0.29) is 25.3 Å². The number of fused-ring (bicyclic) bond motifs is 1. The monoisotopic (exact) mass is 672 g/mol. The van der Waals surface area contributed by atoms with Gasteiger partial charge in [0.15, 0.2) is 0 Å². The van der Waals surface area contributed by atoms with Gasteiger partial charge in [-0.1, -0.05) is 50.3 Å². The number of alkyl carbamates (subject to hydrolysis) is 1. The van der Waals surface area contributed by atoms with E-state index < -0.39 is 59.1 Å². The Labute approximate surface area is 285 Å². The average molecular weight is 673 g/mol. The summed E-state index contributed by atoms with van der Waals surface area (Å²) in [6.45, 7) is 12.4. The zero-order valence-electron chi connectivity index (χ0n) is 28.7. The maximum absolute atomic E-state index is 14.2.